The second-order valence-corrected chi connectivity index (χ2v) is 10.1. The van der Waals surface area contributed by atoms with E-state index in [-0.39, 0.29) is 17.0 Å². The van der Waals surface area contributed by atoms with Crippen molar-refractivity contribution in [3.05, 3.63) is 59.7 Å². The average molecular weight is 494 g/mol. The van der Waals surface area contributed by atoms with E-state index in [0.717, 1.165) is 44.3 Å². The van der Waals surface area contributed by atoms with Crippen LogP contribution in [0.3, 0.4) is 0 Å². The molecule has 2 heterocycles. The first-order chi connectivity index (χ1) is 14.0. The van der Waals surface area contributed by atoms with E-state index in [1.54, 1.807) is 0 Å². The van der Waals surface area contributed by atoms with E-state index in [1.807, 2.05) is 48.5 Å². The Balaban J connectivity index is 0.00000272. The molecule has 2 aromatic carbocycles. The van der Waals surface area contributed by atoms with E-state index < -0.39 is 11.6 Å². The van der Waals surface area contributed by atoms with Crippen LogP contribution in [-0.2, 0) is 21.0 Å². The minimum absolute atomic E-state index is 0. The van der Waals surface area contributed by atoms with Crippen molar-refractivity contribution in [3.8, 4) is 11.1 Å². The lowest BCUT2D eigenvalue weighted by Gasteiger charge is -2.42. The summed E-state index contributed by atoms with van der Waals surface area (Å²) >= 11 is 0. The number of hydrogen-bond donors (Lipinski definition) is 2. The lowest BCUT2D eigenvalue weighted by Crippen LogP contribution is -3.00. The number of benzene rings is 2. The third-order valence-electron chi connectivity index (χ3n) is 6.36. The van der Waals surface area contributed by atoms with Crippen LogP contribution < -0.4 is 17.0 Å². The van der Waals surface area contributed by atoms with Crippen molar-refractivity contribution < 1.29 is 45.6 Å². The summed E-state index contributed by atoms with van der Waals surface area (Å²) in [6.07, 6.45) is 0. The molecule has 0 radical (unpaired) electrons. The van der Waals surface area contributed by atoms with Crippen LogP contribution in [0.4, 0.5) is 0 Å². The molecule has 0 aliphatic carbocycles. The zero-order valence-electron chi connectivity index (χ0n) is 18.8. The minimum atomic E-state index is -1.25. The molecule has 2 aliphatic rings. The first-order valence-corrected chi connectivity index (χ1v) is 10.6. The standard InChI is InChI=1S/C24H34N2O4.BrH/c1-25(2)13-15-29-23(27,17-25)21-9-5-19(6-10-21)20-7-11-22(12-8-20)24(28)18-26(3,4)14-16-30-24;/h5-12,27-28H,13-18H2,1-4H3;1H/q+2;/p-1. The SMILES string of the molecule is C[N+]1(C)CCOC(O)(c2ccc(-c3ccc(C4(O)C[N+](C)(C)CCO4)cc3)cc2)C1.[Br-]. The summed E-state index contributed by atoms with van der Waals surface area (Å²) in [5.41, 5.74) is 3.65. The van der Waals surface area contributed by atoms with Crippen LogP contribution in [-0.4, -0.2) is 86.8 Å². The minimum Gasteiger partial charge on any atom is -1.00 e. The van der Waals surface area contributed by atoms with Crippen molar-refractivity contribution in [3.63, 3.8) is 0 Å². The van der Waals surface area contributed by atoms with Crippen molar-refractivity contribution in [2.45, 2.75) is 11.6 Å². The second-order valence-electron chi connectivity index (χ2n) is 10.1. The van der Waals surface area contributed by atoms with Gasteiger partial charge in [-0.15, -0.1) is 0 Å². The topological polar surface area (TPSA) is 58.9 Å². The lowest BCUT2D eigenvalue weighted by molar-refractivity contribution is -0.912. The van der Waals surface area contributed by atoms with E-state index in [2.05, 4.69) is 28.2 Å². The van der Waals surface area contributed by atoms with Gasteiger partial charge in [-0.05, 0) is 11.1 Å². The Bertz CT molecular complexity index is 825. The lowest BCUT2D eigenvalue weighted by atomic mass is 9.96. The molecule has 4 rings (SSSR count). The monoisotopic (exact) mass is 493 g/mol. The molecule has 2 aromatic rings. The van der Waals surface area contributed by atoms with Gasteiger partial charge in [-0.1, -0.05) is 48.5 Å². The summed E-state index contributed by atoms with van der Waals surface area (Å²) in [6, 6.07) is 15.8. The van der Waals surface area contributed by atoms with Crippen LogP contribution in [0.25, 0.3) is 11.1 Å². The number of hydrogen-bond acceptors (Lipinski definition) is 4. The Morgan fingerprint density at radius 3 is 1.26 bits per heavy atom. The number of nitrogens with zero attached hydrogens (tertiary/aromatic N) is 2. The summed E-state index contributed by atoms with van der Waals surface area (Å²) in [5.74, 6) is -2.51. The average Bonchev–Trinajstić information content (AvgIpc) is 2.66. The van der Waals surface area contributed by atoms with Crippen molar-refractivity contribution in [2.75, 3.05) is 67.6 Å². The maximum Gasteiger partial charge on any atom is 0.243 e. The Kier molecular flexibility index (Phi) is 6.71. The summed E-state index contributed by atoms with van der Waals surface area (Å²) in [5, 5.41) is 22.0. The fourth-order valence-electron chi connectivity index (χ4n) is 4.53. The van der Waals surface area contributed by atoms with Gasteiger partial charge >= 0.3 is 0 Å². The summed E-state index contributed by atoms with van der Waals surface area (Å²) in [4.78, 5) is 0. The molecular formula is C24H34BrN2O4+. The molecule has 0 amide bonds. The molecule has 31 heavy (non-hydrogen) atoms. The highest BCUT2D eigenvalue weighted by molar-refractivity contribution is 5.64. The highest BCUT2D eigenvalue weighted by Gasteiger charge is 2.43. The van der Waals surface area contributed by atoms with E-state index in [4.69, 9.17) is 9.47 Å². The normalized spacial score (nSPS) is 29.7. The highest BCUT2D eigenvalue weighted by Crippen LogP contribution is 2.33. The van der Waals surface area contributed by atoms with Gasteiger partial charge in [0.15, 0.2) is 0 Å². The Morgan fingerprint density at radius 2 is 0.968 bits per heavy atom. The van der Waals surface area contributed by atoms with Crippen LogP contribution in [0.2, 0.25) is 0 Å². The van der Waals surface area contributed by atoms with Crippen molar-refractivity contribution in [2.24, 2.45) is 0 Å². The third-order valence-corrected chi connectivity index (χ3v) is 6.36. The van der Waals surface area contributed by atoms with Gasteiger partial charge in [0.1, 0.15) is 26.2 Å². The summed E-state index contributed by atoms with van der Waals surface area (Å²) in [6.45, 7) is 3.89. The molecule has 2 unspecified atom stereocenters. The number of morpholine rings is 2. The molecule has 6 nitrogen and oxygen atoms in total. The van der Waals surface area contributed by atoms with E-state index in [0.29, 0.717) is 26.3 Å². The predicted octanol–water partition coefficient (Wildman–Crippen LogP) is -1.14. The number of halogens is 1. The molecular weight excluding hydrogens is 460 g/mol. The quantitative estimate of drug-likeness (QED) is 0.530. The molecule has 0 aromatic heterocycles. The van der Waals surface area contributed by atoms with Crippen LogP contribution in [0.1, 0.15) is 11.1 Å². The first kappa shape index (κ1) is 24.3. The van der Waals surface area contributed by atoms with Gasteiger partial charge in [0.05, 0.1) is 41.4 Å². The molecule has 2 N–H and O–H groups in total. The van der Waals surface area contributed by atoms with Gasteiger partial charge in [0.25, 0.3) is 0 Å². The predicted molar refractivity (Wildman–Crippen MR) is 115 cm³/mol. The Hall–Kier alpha value is -1.32. The third kappa shape index (κ3) is 5.20. The molecule has 170 valence electrons. The highest BCUT2D eigenvalue weighted by atomic mass is 79.9. The van der Waals surface area contributed by atoms with Crippen molar-refractivity contribution in [1.29, 1.82) is 0 Å². The Morgan fingerprint density at radius 1 is 0.645 bits per heavy atom. The van der Waals surface area contributed by atoms with Gasteiger partial charge in [0.2, 0.25) is 11.6 Å². The Labute approximate surface area is 195 Å². The number of likely N-dealkylation sites (N-methyl/N-ethyl adjacent to an activating group) is 2. The van der Waals surface area contributed by atoms with Crippen LogP contribution >= 0.6 is 0 Å². The summed E-state index contributed by atoms with van der Waals surface area (Å²) in [7, 11) is 8.42. The van der Waals surface area contributed by atoms with Gasteiger partial charge in [-0.25, -0.2) is 0 Å². The zero-order valence-corrected chi connectivity index (χ0v) is 20.4. The molecule has 0 bridgehead atoms. The largest absolute Gasteiger partial charge is 1.00 e. The fraction of sp³-hybridized carbons (Fsp3) is 0.500. The molecule has 2 saturated heterocycles. The summed E-state index contributed by atoms with van der Waals surface area (Å²) < 4.78 is 12.9. The maximum atomic E-state index is 11.0. The number of rotatable bonds is 3. The van der Waals surface area contributed by atoms with Gasteiger partial charge < -0.3 is 45.6 Å². The first-order valence-electron chi connectivity index (χ1n) is 10.6. The van der Waals surface area contributed by atoms with E-state index in [1.165, 1.54) is 0 Å². The molecule has 7 heteroatoms. The van der Waals surface area contributed by atoms with E-state index >= 15 is 0 Å². The number of quaternary nitrogens is 2. The van der Waals surface area contributed by atoms with Crippen LogP contribution in [0, 0.1) is 0 Å². The molecule has 2 aliphatic heterocycles. The van der Waals surface area contributed by atoms with Crippen molar-refractivity contribution >= 4 is 0 Å². The second kappa shape index (κ2) is 8.56. The number of ether oxygens (including phenoxy) is 2. The maximum absolute atomic E-state index is 11.0. The molecule has 0 saturated carbocycles. The van der Waals surface area contributed by atoms with Crippen LogP contribution in [0.5, 0.6) is 0 Å². The number of aliphatic hydroxyl groups is 2. The van der Waals surface area contributed by atoms with E-state index in [9.17, 15) is 10.2 Å². The fourth-order valence-corrected chi connectivity index (χ4v) is 4.53. The molecule has 2 atom stereocenters. The van der Waals surface area contributed by atoms with Crippen LogP contribution in [0.15, 0.2) is 48.5 Å². The van der Waals surface area contributed by atoms with Gasteiger partial charge in [-0.2, -0.15) is 0 Å². The van der Waals surface area contributed by atoms with Gasteiger partial charge in [0, 0.05) is 11.1 Å². The van der Waals surface area contributed by atoms with Gasteiger partial charge in [-0.3, -0.25) is 0 Å². The smallest absolute Gasteiger partial charge is 0.243 e. The molecule has 0 spiro atoms. The zero-order chi connectivity index (χ0) is 21.6. The van der Waals surface area contributed by atoms with Crippen molar-refractivity contribution in [1.82, 2.24) is 0 Å². The molecule has 2 fully saturated rings.